The minimum absolute atomic E-state index is 0.544. The van der Waals surface area contributed by atoms with Crippen LogP contribution in [0.3, 0.4) is 0 Å². The molecule has 0 aromatic rings. The molecule has 8 heavy (non-hydrogen) atoms. The van der Waals surface area contributed by atoms with E-state index in [2.05, 4.69) is 0 Å². The molecule has 0 bridgehead atoms. The van der Waals surface area contributed by atoms with E-state index >= 15 is 0 Å². The van der Waals surface area contributed by atoms with Crippen LogP contribution in [0.5, 0.6) is 0 Å². The molecule has 0 saturated carbocycles. The summed E-state index contributed by atoms with van der Waals surface area (Å²) in [7, 11) is 0. The van der Waals surface area contributed by atoms with Gasteiger partial charge in [-0.25, -0.2) is 0 Å². The molecule has 0 aromatic heterocycles. The zero-order chi connectivity index (χ0) is 6.78. The van der Waals surface area contributed by atoms with Crippen LogP contribution in [0.1, 0.15) is 13.8 Å². The van der Waals surface area contributed by atoms with Gasteiger partial charge in [-0.15, -0.1) is 0 Å². The molecule has 0 heterocycles. The molecule has 3 heteroatoms. The van der Waals surface area contributed by atoms with Crippen molar-refractivity contribution in [2.75, 3.05) is 0 Å². The predicted octanol–water partition coefficient (Wildman–Crippen LogP) is 2.51. The van der Waals surface area contributed by atoms with E-state index in [0.29, 0.717) is 0 Å². The van der Waals surface area contributed by atoms with Crippen molar-refractivity contribution in [1.82, 2.24) is 0 Å². The van der Waals surface area contributed by atoms with Gasteiger partial charge in [0.1, 0.15) is 0 Å². The van der Waals surface area contributed by atoms with E-state index in [1.807, 2.05) is 0 Å². The Morgan fingerprint density at radius 2 is 1.75 bits per heavy atom. The molecule has 0 rings (SSSR count). The molecule has 0 radical (unpaired) electrons. The topological polar surface area (TPSA) is 0 Å². The van der Waals surface area contributed by atoms with Gasteiger partial charge in [0.2, 0.25) is 0 Å². The summed E-state index contributed by atoms with van der Waals surface area (Å²) in [6, 6.07) is 0. The van der Waals surface area contributed by atoms with Crippen LogP contribution in [-0.2, 0) is 0 Å². The Bertz CT molecular complexity index is 98.7. The summed E-state index contributed by atoms with van der Waals surface area (Å²) in [6.45, 7) is 2.41. The van der Waals surface area contributed by atoms with E-state index in [4.69, 9.17) is 0 Å². The molecule has 0 unspecified atom stereocenters. The molecule has 0 aliphatic heterocycles. The summed E-state index contributed by atoms with van der Waals surface area (Å²) >= 11 is 0. The highest BCUT2D eigenvalue weighted by Crippen LogP contribution is 2.23. The van der Waals surface area contributed by atoms with Crippen LogP contribution >= 0.6 is 0 Å². The average molecular weight is 124 g/mol. The van der Waals surface area contributed by atoms with Gasteiger partial charge in [0.25, 0.3) is 0 Å². The predicted molar refractivity (Wildman–Crippen MR) is 25.5 cm³/mol. The highest BCUT2D eigenvalue weighted by Gasteiger charge is 2.28. The van der Waals surface area contributed by atoms with E-state index in [1.54, 1.807) is 0 Å². The highest BCUT2D eigenvalue weighted by atomic mass is 19.4. The molecule has 0 saturated heterocycles. The fraction of sp³-hybridized carbons (Fsp3) is 0.600. The molecular weight excluding hydrogens is 117 g/mol. The molecule has 0 aliphatic rings. The molecule has 0 atom stereocenters. The third-order valence-corrected chi connectivity index (χ3v) is 0.880. The van der Waals surface area contributed by atoms with Crippen LogP contribution in [0.2, 0.25) is 0 Å². The summed E-state index contributed by atoms with van der Waals surface area (Å²) in [5.74, 6) is 0. The highest BCUT2D eigenvalue weighted by molar-refractivity contribution is 5.02. The van der Waals surface area contributed by atoms with Crippen LogP contribution in [0.15, 0.2) is 11.6 Å². The second-order valence-corrected chi connectivity index (χ2v) is 1.47. The summed E-state index contributed by atoms with van der Waals surface area (Å²) in [5, 5.41) is 0. The van der Waals surface area contributed by atoms with Gasteiger partial charge in [-0.1, -0.05) is 6.08 Å². The van der Waals surface area contributed by atoms with Crippen molar-refractivity contribution >= 4 is 0 Å². The van der Waals surface area contributed by atoms with Gasteiger partial charge in [0, 0.05) is 5.57 Å². The number of hydrogen-bond acceptors (Lipinski definition) is 0. The first-order valence-electron chi connectivity index (χ1n) is 2.18. The lowest BCUT2D eigenvalue weighted by Gasteiger charge is -2.03. The first-order chi connectivity index (χ1) is 3.48. The molecular formula is C5H7F3. The van der Waals surface area contributed by atoms with Crippen LogP contribution in [0, 0.1) is 0 Å². The van der Waals surface area contributed by atoms with Gasteiger partial charge in [-0.3, -0.25) is 0 Å². The van der Waals surface area contributed by atoms with Gasteiger partial charge >= 0.3 is 6.18 Å². The smallest absolute Gasteiger partial charge is 0.167 e. The number of allylic oxidation sites excluding steroid dienone is 2. The van der Waals surface area contributed by atoms with E-state index in [-0.39, 0.29) is 0 Å². The lowest BCUT2D eigenvalue weighted by Crippen LogP contribution is -2.07. The van der Waals surface area contributed by atoms with E-state index in [9.17, 15) is 13.2 Å². The lowest BCUT2D eigenvalue weighted by atomic mass is 10.3. The molecule has 0 amide bonds. The monoisotopic (exact) mass is 124 g/mol. The Morgan fingerprint density at radius 1 is 1.38 bits per heavy atom. The molecule has 0 fully saturated rings. The standard InChI is InChI=1S/C5H7F3/c1-3-4(2)5(6,7)8/h3H,1-2H3/b4-3+. The SMILES string of the molecule is C/C=C(\C)C(F)(F)F. The van der Waals surface area contributed by atoms with Crippen LogP contribution < -0.4 is 0 Å². The van der Waals surface area contributed by atoms with Crippen molar-refractivity contribution < 1.29 is 13.2 Å². The Balaban J connectivity index is 4.03. The molecule has 0 N–H and O–H groups in total. The first-order valence-corrected chi connectivity index (χ1v) is 2.18. The maximum atomic E-state index is 11.4. The van der Waals surface area contributed by atoms with Gasteiger partial charge in [-0.2, -0.15) is 13.2 Å². The number of hydrogen-bond donors (Lipinski definition) is 0. The maximum Gasteiger partial charge on any atom is 0.412 e. The zero-order valence-electron chi connectivity index (χ0n) is 4.71. The Hall–Kier alpha value is -0.470. The quantitative estimate of drug-likeness (QED) is 0.435. The normalized spacial score (nSPS) is 14.4. The molecule has 0 nitrogen and oxygen atoms in total. The van der Waals surface area contributed by atoms with Crippen molar-refractivity contribution in [2.24, 2.45) is 0 Å². The van der Waals surface area contributed by atoms with Crippen LogP contribution in [0.25, 0.3) is 0 Å². The van der Waals surface area contributed by atoms with E-state index in [0.717, 1.165) is 13.0 Å². The van der Waals surface area contributed by atoms with E-state index in [1.165, 1.54) is 6.92 Å². The third-order valence-electron chi connectivity index (χ3n) is 0.880. The Labute approximate surface area is 46.0 Å². The van der Waals surface area contributed by atoms with Crippen LogP contribution in [-0.4, -0.2) is 6.18 Å². The van der Waals surface area contributed by atoms with Gasteiger partial charge in [0.15, 0.2) is 0 Å². The largest absolute Gasteiger partial charge is 0.412 e. The summed E-state index contributed by atoms with van der Waals surface area (Å²) < 4.78 is 34.1. The van der Waals surface area contributed by atoms with E-state index < -0.39 is 11.7 Å². The van der Waals surface area contributed by atoms with Crippen molar-refractivity contribution in [3.8, 4) is 0 Å². The van der Waals surface area contributed by atoms with Crippen molar-refractivity contribution in [2.45, 2.75) is 20.0 Å². The molecule has 0 spiro atoms. The fourth-order valence-electron chi connectivity index (χ4n) is 0.164. The minimum atomic E-state index is -4.13. The number of rotatable bonds is 0. The zero-order valence-corrected chi connectivity index (χ0v) is 4.71. The minimum Gasteiger partial charge on any atom is -0.167 e. The molecule has 48 valence electrons. The van der Waals surface area contributed by atoms with Crippen LogP contribution in [0.4, 0.5) is 13.2 Å². The van der Waals surface area contributed by atoms with Crippen molar-refractivity contribution in [1.29, 1.82) is 0 Å². The lowest BCUT2D eigenvalue weighted by molar-refractivity contribution is -0.0914. The summed E-state index contributed by atoms with van der Waals surface area (Å²) in [5.41, 5.74) is -0.544. The van der Waals surface area contributed by atoms with Gasteiger partial charge in [0.05, 0.1) is 0 Å². The van der Waals surface area contributed by atoms with Crippen molar-refractivity contribution in [3.05, 3.63) is 11.6 Å². The maximum absolute atomic E-state index is 11.4. The summed E-state index contributed by atoms with van der Waals surface area (Å²) in [4.78, 5) is 0. The third kappa shape index (κ3) is 2.00. The average Bonchev–Trinajstić information content (AvgIpc) is 1.62. The van der Waals surface area contributed by atoms with Crippen molar-refractivity contribution in [3.63, 3.8) is 0 Å². The molecule has 0 aromatic carbocycles. The Kier molecular flexibility index (Phi) is 2.07. The van der Waals surface area contributed by atoms with Gasteiger partial charge < -0.3 is 0 Å². The second kappa shape index (κ2) is 2.20. The van der Waals surface area contributed by atoms with Gasteiger partial charge in [-0.05, 0) is 13.8 Å². The second-order valence-electron chi connectivity index (χ2n) is 1.47. The Morgan fingerprint density at radius 3 is 1.75 bits per heavy atom. The number of alkyl halides is 3. The first kappa shape index (κ1) is 7.53. The fourth-order valence-corrected chi connectivity index (χ4v) is 0.164. The summed E-state index contributed by atoms with van der Waals surface area (Å²) in [6.07, 6.45) is -3.09. The number of halogens is 3. The molecule has 0 aliphatic carbocycles.